The minimum absolute atomic E-state index is 0.196. The molecule has 2 N–H and O–H groups in total. The number of ether oxygens (including phenoxy) is 2. The summed E-state index contributed by atoms with van der Waals surface area (Å²) in [5, 5.41) is 6.68. The molecule has 0 aliphatic carbocycles. The Morgan fingerprint density at radius 3 is 2.38 bits per heavy atom. The van der Waals surface area contributed by atoms with Crippen LogP contribution in [0.25, 0.3) is 0 Å². The highest BCUT2D eigenvalue weighted by atomic mass is 79.9. The number of hydrogen-bond acceptors (Lipinski definition) is 5. The number of rotatable bonds is 10. The molecule has 32 heavy (non-hydrogen) atoms. The van der Waals surface area contributed by atoms with E-state index in [-0.39, 0.29) is 11.5 Å². The van der Waals surface area contributed by atoms with Crippen molar-refractivity contribution in [2.75, 3.05) is 13.2 Å². The molecular formula is C23H27BrFN3O4. The summed E-state index contributed by atoms with van der Waals surface area (Å²) in [6.07, 6.45) is 1.47. The molecule has 1 unspecified atom stereocenters. The monoisotopic (exact) mass is 507 g/mol. The zero-order valence-electron chi connectivity index (χ0n) is 18.4. The first-order valence-corrected chi connectivity index (χ1v) is 11.0. The third kappa shape index (κ3) is 7.05. The number of hydrogen-bond donors (Lipinski definition) is 2. The van der Waals surface area contributed by atoms with E-state index in [2.05, 4.69) is 31.8 Å². The van der Waals surface area contributed by atoms with Crippen LogP contribution in [0.1, 0.15) is 43.6 Å². The van der Waals surface area contributed by atoms with Crippen molar-refractivity contribution in [2.45, 2.75) is 33.7 Å². The molecule has 9 heteroatoms. The van der Waals surface area contributed by atoms with Gasteiger partial charge >= 0.3 is 0 Å². The number of nitrogens with one attached hydrogen (secondary N) is 2. The first-order valence-electron chi connectivity index (χ1n) is 10.2. The Hall–Kier alpha value is -2.94. The maximum absolute atomic E-state index is 13.1. The number of amides is 2. The Morgan fingerprint density at radius 2 is 1.78 bits per heavy atom. The SMILES string of the molecule is CCOc1cc(C=NNC(=O)C(NC(=O)c2ccc(F)cc2)C(C)C)cc(Br)c1OCC. The molecule has 2 aromatic rings. The van der Waals surface area contributed by atoms with Crippen molar-refractivity contribution in [3.8, 4) is 11.5 Å². The number of nitrogens with zero attached hydrogens (tertiary/aromatic N) is 1. The van der Waals surface area contributed by atoms with Gasteiger partial charge in [-0.15, -0.1) is 0 Å². The highest BCUT2D eigenvalue weighted by molar-refractivity contribution is 9.10. The van der Waals surface area contributed by atoms with Gasteiger partial charge in [-0.3, -0.25) is 9.59 Å². The largest absolute Gasteiger partial charge is 0.490 e. The molecule has 0 aliphatic heterocycles. The Balaban J connectivity index is 2.09. The lowest BCUT2D eigenvalue weighted by Gasteiger charge is -2.20. The van der Waals surface area contributed by atoms with Crippen LogP contribution in [0.5, 0.6) is 11.5 Å². The fourth-order valence-corrected chi connectivity index (χ4v) is 3.38. The van der Waals surface area contributed by atoms with Crippen molar-refractivity contribution in [3.63, 3.8) is 0 Å². The van der Waals surface area contributed by atoms with E-state index < -0.39 is 23.7 Å². The van der Waals surface area contributed by atoms with Gasteiger partial charge in [0.25, 0.3) is 11.8 Å². The van der Waals surface area contributed by atoms with E-state index in [4.69, 9.17) is 9.47 Å². The van der Waals surface area contributed by atoms with Gasteiger partial charge in [-0.1, -0.05) is 13.8 Å². The van der Waals surface area contributed by atoms with Gasteiger partial charge in [-0.2, -0.15) is 5.10 Å². The Kier molecular flexibility index (Phi) is 9.64. The molecule has 2 rings (SSSR count). The van der Waals surface area contributed by atoms with E-state index in [1.54, 1.807) is 26.0 Å². The Bertz CT molecular complexity index is 964. The van der Waals surface area contributed by atoms with E-state index in [1.165, 1.54) is 30.5 Å². The smallest absolute Gasteiger partial charge is 0.262 e. The lowest BCUT2D eigenvalue weighted by atomic mass is 10.0. The predicted molar refractivity (Wildman–Crippen MR) is 125 cm³/mol. The molecule has 0 fully saturated rings. The summed E-state index contributed by atoms with van der Waals surface area (Å²) in [5.41, 5.74) is 3.40. The standard InChI is InChI=1S/C23H27BrFN3O4/c1-5-31-19-12-15(11-18(24)21(19)32-6-2)13-26-28-23(30)20(14(3)4)27-22(29)16-7-9-17(25)10-8-16/h7-14,20H,5-6H2,1-4H3,(H,27,29)(H,28,30). The van der Waals surface area contributed by atoms with Crippen LogP contribution >= 0.6 is 15.9 Å². The minimum atomic E-state index is -0.823. The van der Waals surface area contributed by atoms with Crippen LogP contribution in [-0.4, -0.2) is 37.3 Å². The summed E-state index contributed by atoms with van der Waals surface area (Å²) in [5.74, 6) is -0.426. The van der Waals surface area contributed by atoms with Crippen molar-refractivity contribution in [1.82, 2.24) is 10.7 Å². The van der Waals surface area contributed by atoms with Crippen LogP contribution in [0.2, 0.25) is 0 Å². The average Bonchev–Trinajstić information content (AvgIpc) is 2.74. The van der Waals surface area contributed by atoms with Crippen molar-refractivity contribution in [3.05, 3.63) is 57.8 Å². The van der Waals surface area contributed by atoms with Crippen molar-refractivity contribution >= 4 is 34.0 Å². The zero-order chi connectivity index (χ0) is 23.7. The first-order chi connectivity index (χ1) is 15.3. The molecule has 0 saturated heterocycles. The Morgan fingerprint density at radius 1 is 1.12 bits per heavy atom. The summed E-state index contributed by atoms with van der Waals surface area (Å²) in [6, 6.07) is 7.82. The predicted octanol–water partition coefficient (Wildman–Crippen LogP) is 4.29. The third-order valence-corrected chi connectivity index (χ3v) is 4.94. The molecule has 2 amide bonds. The third-order valence-electron chi connectivity index (χ3n) is 4.35. The molecule has 0 bridgehead atoms. The van der Waals surface area contributed by atoms with Gasteiger partial charge in [0.05, 0.1) is 23.9 Å². The van der Waals surface area contributed by atoms with Gasteiger partial charge in [0.2, 0.25) is 0 Å². The number of hydrazone groups is 1. The normalized spacial score (nSPS) is 12.0. The summed E-state index contributed by atoms with van der Waals surface area (Å²) in [7, 11) is 0. The highest BCUT2D eigenvalue weighted by Crippen LogP contribution is 2.36. The quantitative estimate of drug-likeness (QED) is 0.370. The topological polar surface area (TPSA) is 89.0 Å². The van der Waals surface area contributed by atoms with Crippen LogP contribution < -0.4 is 20.2 Å². The first kappa shape index (κ1) is 25.3. The van der Waals surface area contributed by atoms with Crippen LogP contribution in [-0.2, 0) is 4.79 Å². The van der Waals surface area contributed by atoms with E-state index in [0.29, 0.717) is 34.7 Å². The number of carbonyl (C=O) groups is 2. The molecule has 0 aliphatic rings. The van der Waals surface area contributed by atoms with Crippen LogP contribution in [0.3, 0.4) is 0 Å². The van der Waals surface area contributed by atoms with Crippen LogP contribution in [0.15, 0.2) is 46.0 Å². The molecular weight excluding hydrogens is 481 g/mol. The van der Waals surface area contributed by atoms with Gasteiger partial charge in [0, 0.05) is 5.56 Å². The van der Waals surface area contributed by atoms with Crippen molar-refractivity contribution in [2.24, 2.45) is 11.0 Å². The average molecular weight is 508 g/mol. The summed E-state index contributed by atoms with van der Waals surface area (Å²) in [6.45, 7) is 8.31. The van der Waals surface area contributed by atoms with E-state index >= 15 is 0 Å². The highest BCUT2D eigenvalue weighted by Gasteiger charge is 2.24. The summed E-state index contributed by atoms with van der Waals surface area (Å²) >= 11 is 3.46. The molecule has 0 spiro atoms. The van der Waals surface area contributed by atoms with Crippen molar-refractivity contribution in [1.29, 1.82) is 0 Å². The van der Waals surface area contributed by atoms with Gasteiger partial charge in [0.15, 0.2) is 11.5 Å². The lowest BCUT2D eigenvalue weighted by molar-refractivity contribution is -0.123. The van der Waals surface area contributed by atoms with Gasteiger partial charge < -0.3 is 14.8 Å². The Labute approximate surface area is 195 Å². The summed E-state index contributed by atoms with van der Waals surface area (Å²) < 4.78 is 25.0. The van der Waals surface area contributed by atoms with Gasteiger partial charge in [-0.05, 0) is 77.7 Å². The maximum atomic E-state index is 13.1. The van der Waals surface area contributed by atoms with Gasteiger partial charge in [0.1, 0.15) is 11.9 Å². The molecule has 1 atom stereocenters. The molecule has 172 valence electrons. The molecule has 0 heterocycles. The second-order valence-corrected chi connectivity index (χ2v) is 7.99. The molecule has 7 nitrogen and oxygen atoms in total. The van der Waals surface area contributed by atoms with Crippen LogP contribution in [0.4, 0.5) is 4.39 Å². The molecule has 0 aromatic heterocycles. The second-order valence-electron chi connectivity index (χ2n) is 7.13. The molecule has 0 saturated carbocycles. The fraction of sp³-hybridized carbons (Fsp3) is 0.348. The van der Waals surface area contributed by atoms with Gasteiger partial charge in [-0.25, -0.2) is 9.82 Å². The zero-order valence-corrected chi connectivity index (χ0v) is 20.0. The number of carbonyl (C=O) groups excluding carboxylic acids is 2. The van der Waals surface area contributed by atoms with Crippen molar-refractivity contribution < 1.29 is 23.5 Å². The fourth-order valence-electron chi connectivity index (χ4n) is 2.81. The minimum Gasteiger partial charge on any atom is -0.490 e. The molecule has 2 aromatic carbocycles. The second kappa shape index (κ2) is 12.2. The van der Waals surface area contributed by atoms with E-state index in [9.17, 15) is 14.0 Å². The number of halogens is 2. The summed E-state index contributed by atoms with van der Waals surface area (Å²) in [4.78, 5) is 25.0. The lowest BCUT2D eigenvalue weighted by Crippen LogP contribution is -2.48. The van der Waals surface area contributed by atoms with E-state index in [1.807, 2.05) is 13.8 Å². The van der Waals surface area contributed by atoms with E-state index in [0.717, 1.165) is 0 Å². The number of benzene rings is 2. The molecule has 0 radical (unpaired) electrons. The maximum Gasteiger partial charge on any atom is 0.262 e. The van der Waals surface area contributed by atoms with Crippen LogP contribution in [0, 0.1) is 11.7 Å².